The minimum atomic E-state index is -0.536. The van der Waals surface area contributed by atoms with Crippen molar-refractivity contribution in [2.45, 2.75) is 0 Å². The Morgan fingerprint density at radius 1 is 1.58 bits per heavy atom. The molecule has 0 aromatic carbocycles. The molecule has 0 unspecified atom stereocenters. The maximum Gasteiger partial charge on any atom is 0.344 e. The standard InChI is InChI=1S/C10H9N5O3S/c1-18-8-6(14-2-3-19-10(14)13-8)4-11-15-5-7(16)12-9(15)17/h2-4H,5H2,1H3,(H,12,16,17)/b11-4+. The summed E-state index contributed by atoms with van der Waals surface area (Å²) in [7, 11) is 1.51. The molecule has 0 radical (unpaired) electrons. The van der Waals surface area contributed by atoms with Crippen LogP contribution in [0.15, 0.2) is 16.7 Å². The number of carbonyl (C=O) groups is 2. The fraction of sp³-hybridized carbons (Fsp3) is 0.200. The van der Waals surface area contributed by atoms with Crippen molar-refractivity contribution < 1.29 is 14.3 Å². The number of amides is 3. The van der Waals surface area contributed by atoms with E-state index in [1.165, 1.54) is 24.7 Å². The number of ether oxygens (including phenoxy) is 1. The average molecular weight is 279 g/mol. The Balaban J connectivity index is 1.94. The zero-order valence-electron chi connectivity index (χ0n) is 9.86. The fourth-order valence-electron chi connectivity index (χ4n) is 1.70. The summed E-state index contributed by atoms with van der Waals surface area (Å²) in [6.45, 7) is -0.0801. The number of methoxy groups -OCH3 is 1. The topological polar surface area (TPSA) is 88.3 Å². The molecule has 0 saturated carbocycles. The highest BCUT2D eigenvalue weighted by atomic mass is 32.1. The van der Waals surface area contributed by atoms with Crippen molar-refractivity contribution in [3.63, 3.8) is 0 Å². The number of aromatic nitrogens is 2. The lowest BCUT2D eigenvalue weighted by Gasteiger charge is -2.04. The first-order chi connectivity index (χ1) is 9.19. The van der Waals surface area contributed by atoms with E-state index in [9.17, 15) is 9.59 Å². The lowest BCUT2D eigenvalue weighted by Crippen LogP contribution is -2.24. The van der Waals surface area contributed by atoms with Gasteiger partial charge in [0, 0.05) is 11.6 Å². The van der Waals surface area contributed by atoms with E-state index >= 15 is 0 Å². The van der Waals surface area contributed by atoms with Gasteiger partial charge < -0.3 is 4.74 Å². The van der Waals surface area contributed by atoms with Crippen molar-refractivity contribution in [3.8, 4) is 5.88 Å². The van der Waals surface area contributed by atoms with Gasteiger partial charge in [-0.25, -0.2) is 9.80 Å². The molecule has 0 aliphatic carbocycles. The first kappa shape index (κ1) is 11.7. The lowest BCUT2D eigenvalue weighted by molar-refractivity contribution is -0.118. The van der Waals surface area contributed by atoms with Gasteiger partial charge in [0.05, 0.1) is 13.3 Å². The minimum absolute atomic E-state index is 0.0801. The van der Waals surface area contributed by atoms with Gasteiger partial charge in [0.1, 0.15) is 12.2 Å². The lowest BCUT2D eigenvalue weighted by atomic mass is 10.5. The van der Waals surface area contributed by atoms with Crippen LogP contribution < -0.4 is 10.1 Å². The molecule has 1 saturated heterocycles. The number of hydrogen-bond acceptors (Lipinski definition) is 6. The molecule has 9 heteroatoms. The van der Waals surface area contributed by atoms with E-state index in [0.29, 0.717) is 11.6 Å². The van der Waals surface area contributed by atoms with Crippen LogP contribution in [0, 0.1) is 0 Å². The molecular formula is C10H9N5O3S. The van der Waals surface area contributed by atoms with Gasteiger partial charge in [-0.3, -0.25) is 14.5 Å². The number of fused-ring (bicyclic) bond motifs is 1. The highest BCUT2D eigenvalue weighted by Gasteiger charge is 2.26. The maximum absolute atomic E-state index is 11.3. The highest BCUT2D eigenvalue weighted by Crippen LogP contribution is 2.21. The van der Waals surface area contributed by atoms with Crippen LogP contribution in [-0.4, -0.2) is 46.2 Å². The monoisotopic (exact) mass is 279 g/mol. The van der Waals surface area contributed by atoms with E-state index < -0.39 is 6.03 Å². The summed E-state index contributed by atoms with van der Waals surface area (Å²) < 4.78 is 6.94. The van der Waals surface area contributed by atoms with Crippen LogP contribution in [0.2, 0.25) is 0 Å². The molecule has 0 spiro atoms. The third-order valence-electron chi connectivity index (χ3n) is 2.55. The van der Waals surface area contributed by atoms with Gasteiger partial charge in [0.15, 0.2) is 4.96 Å². The Labute approximate surface area is 111 Å². The second-order valence-electron chi connectivity index (χ2n) is 3.72. The number of imidazole rings is 1. The van der Waals surface area contributed by atoms with Crippen molar-refractivity contribution >= 4 is 34.5 Å². The molecule has 3 rings (SSSR count). The van der Waals surface area contributed by atoms with Crippen molar-refractivity contribution in [3.05, 3.63) is 17.3 Å². The number of thiazole rings is 1. The second kappa shape index (κ2) is 4.35. The number of carbonyl (C=O) groups excluding carboxylic acids is 2. The molecule has 3 heterocycles. The predicted molar refractivity (Wildman–Crippen MR) is 67.5 cm³/mol. The highest BCUT2D eigenvalue weighted by molar-refractivity contribution is 7.15. The summed E-state index contributed by atoms with van der Waals surface area (Å²) in [5.41, 5.74) is 0.617. The Bertz CT molecular complexity index is 688. The van der Waals surface area contributed by atoms with Crippen LogP contribution >= 0.6 is 11.3 Å². The molecule has 1 aliphatic heterocycles. The molecule has 1 aliphatic rings. The number of nitrogens with zero attached hydrogens (tertiary/aromatic N) is 4. The van der Waals surface area contributed by atoms with Gasteiger partial charge in [-0.05, 0) is 0 Å². The van der Waals surface area contributed by atoms with E-state index in [4.69, 9.17) is 4.74 Å². The van der Waals surface area contributed by atoms with Gasteiger partial charge >= 0.3 is 6.03 Å². The van der Waals surface area contributed by atoms with E-state index in [1.54, 1.807) is 4.40 Å². The van der Waals surface area contributed by atoms with Crippen molar-refractivity contribution in [1.29, 1.82) is 0 Å². The molecule has 3 amide bonds. The van der Waals surface area contributed by atoms with Crippen molar-refractivity contribution in [2.24, 2.45) is 5.10 Å². The van der Waals surface area contributed by atoms with Crippen LogP contribution in [-0.2, 0) is 4.79 Å². The Morgan fingerprint density at radius 3 is 3.11 bits per heavy atom. The largest absolute Gasteiger partial charge is 0.479 e. The van der Waals surface area contributed by atoms with Gasteiger partial charge in [-0.1, -0.05) is 0 Å². The third-order valence-corrected chi connectivity index (χ3v) is 3.31. The van der Waals surface area contributed by atoms with Gasteiger partial charge in [0.2, 0.25) is 11.8 Å². The summed E-state index contributed by atoms with van der Waals surface area (Å²) >= 11 is 1.46. The minimum Gasteiger partial charge on any atom is -0.479 e. The zero-order chi connectivity index (χ0) is 13.4. The van der Waals surface area contributed by atoms with Crippen molar-refractivity contribution in [1.82, 2.24) is 19.7 Å². The Hall–Kier alpha value is -2.42. The quantitative estimate of drug-likeness (QED) is 0.646. The van der Waals surface area contributed by atoms with E-state index in [2.05, 4.69) is 15.4 Å². The SMILES string of the molecule is COc1nc2sccn2c1/C=N/N1CC(=O)NC1=O. The van der Waals surface area contributed by atoms with Crippen LogP contribution in [0.25, 0.3) is 4.96 Å². The smallest absolute Gasteiger partial charge is 0.344 e. The van der Waals surface area contributed by atoms with E-state index in [-0.39, 0.29) is 12.5 Å². The molecule has 0 bridgehead atoms. The van der Waals surface area contributed by atoms with Crippen LogP contribution in [0.3, 0.4) is 0 Å². The normalized spacial score (nSPS) is 15.7. The fourth-order valence-corrected chi connectivity index (χ4v) is 2.41. The molecule has 19 heavy (non-hydrogen) atoms. The van der Waals surface area contributed by atoms with Gasteiger partial charge in [-0.15, -0.1) is 11.3 Å². The van der Waals surface area contributed by atoms with Crippen LogP contribution in [0.4, 0.5) is 4.79 Å². The molecule has 0 atom stereocenters. The summed E-state index contributed by atoms with van der Waals surface area (Å²) in [4.78, 5) is 27.4. The average Bonchev–Trinajstić information content (AvgIpc) is 3.01. The van der Waals surface area contributed by atoms with E-state index in [1.807, 2.05) is 11.6 Å². The Kier molecular flexibility index (Phi) is 2.67. The van der Waals surface area contributed by atoms with E-state index in [0.717, 1.165) is 9.97 Å². The number of nitrogens with one attached hydrogen (secondary N) is 1. The second-order valence-corrected chi connectivity index (χ2v) is 4.59. The third kappa shape index (κ3) is 1.93. The number of hydrogen-bond donors (Lipinski definition) is 1. The number of imide groups is 1. The molecule has 8 nitrogen and oxygen atoms in total. The molecule has 1 fully saturated rings. The summed E-state index contributed by atoms with van der Waals surface area (Å²) in [6.07, 6.45) is 3.27. The molecule has 98 valence electrons. The predicted octanol–water partition coefficient (Wildman–Crippen LogP) is 0.290. The van der Waals surface area contributed by atoms with Crippen molar-refractivity contribution in [2.75, 3.05) is 13.7 Å². The van der Waals surface area contributed by atoms with Gasteiger partial charge in [0.25, 0.3) is 0 Å². The van der Waals surface area contributed by atoms with Crippen LogP contribution in [0.5, 0.6) is 5.88 Å². The number of urea groups is 1. The maximum atomic E-state index is 11.3. The summed E-state index contributed by atoms with van der Waals surface area (Å²) in [5.74, 6) is 0.0459. The number of rotatable bonds is 3. The Morgan fingerprint density at radius 2 is 2.42 bits per heavy atom. The number of hydrazone groups is 1. The van der Waals surface area contributed by atoms with Gasteiger partial charge in [-0.2, -0.15) is 10.1 Å². The molecular weight excluding hydrogens is 270 g/mol. The summed E-state index contributed by atoms with van der Waals surface area (Å²) in [5, 5.41) is 9.04. The zero-order valence-corrected chi connectivity index (χ0v) is 10.7. The first-order valence-corrected chi connectivity index (χ1v) is 6.22. The first-order valence-electron chi connectivity index (χ1n) is 5.34. The molecule has 1 N–H and O–H groups in total. The van der Waals surface area contributed by atoms with Crippen LogP contribution in [0.1, 0.15) is 5.69 Å². The molecule has 2 aromatic heterocycles. The molecule has 2 aromatic rings. The summed E-state index contributed by atoms with van der Waals surface area (Å²) in [6, 6.07) is -0.536.